The van der Waals surface area contributed by atoms with Crippen molar-refractivity contribution >= 4 is 11.6 Å². The van der Waals surface area contributed by atoms with Gasteiger partial charge in [-0.2, -0.15) is 5.26 Å². The van der Waals surface area contributed by atoms with Crippen LogP contribution < -0.4 is 11.1 Å². The third kappa shape index (κ3) is 3.22. The van der Waals surface area contributed by atoms with Crippen molar-refractivity contribution in [3.8, 4) is 6.07 Å². The molecule has 0 bridgehead atoms. The fraction of sp³-hybridized carbons (Fsp3) is 0.385. The number of amides is 1. The van der Waals surface area contributed by atoms with Crippen LogP contribution in [-0.4, -0.2) is 12.5 Å². The molecule has 0 aliphatic rings. The minimum absolute atomic E-state index is 0.0856. The Labute approximate surface area is 101 Å². The van der Waals surface area contributed by atoms with Crippen molar-refractivity contribution in [2.45, 2.75) is 25.7 Å². The van der Waals surface area contributed by atoms with E-state index in [-0.39, 0.29) is 5.91 Å². The molecule has 0 radical (unpaired) electrons. The number of anilines is 1. The molecule has 0 unspecified atom stereocenters. The monoisotopic (exact) mass is 231 g/mol. The van der Waals surface area contributed by atoms with E-state index >= 15 is 0 Å². The zero-order valence-electron chi connectivity index (χ0n) is 10.2. The highest BCUT2D eigenvalue weighted by Gasteiger charge is 2.29. The van der Waals surface area contributed by atoms with Crippen molar-refractivity contribution in [3.63, 3.8) is 0 Å². The topological polar surface area (TPSA) is 78.9 Å². The third-order valence-electron chi connectivity index (χ3n) is 2.72. The van der Waals surface area contributed by atoms with Crippen molar-refractivity contribution in [1.82, 2.24) is 5.32 Å². The molecule has 1 aromatic carbocycles. The summed E-state index contributed by atoms with van der Waals surface area (Å²) in [7, 11) is 0. The number of hydrogen-bond acceptors (Lipinski definition) is 3. The Morgan fingerprint density at radius 1 is 1.41 bits per heavy atom. The third-order valence-corrected chi connectivity index (χ3v) is 2.72. The molecular weight excluding hydrogens is 214 g/mol. The van der Waals surface area contributed by atoms with Crippen molar-refractivity contribution in [1.29, 1.82) is 5.26 Å². The van der Waals surface area contributed by atoms with E-state index in [4.69, 9.17) is 11.0 Å². The number of rotatable bonds is 4. The van der Waals surface area contributed by atoms with Crippen LogP contribution >= 0.6 is 0 Å². The first-order valence-corrected chi connectivity index (χ1v) is 5.49. The molecule has 1 rings (SSSR count). The van der Waals surface area contributed by atoms with Gasteiger partial charge in [-0.25, -0.2) is 0 Å². The number of carbonyl (C=O) groups excluding carboxylic acids is 1. The quantitative estimate of drug-likeness (QED) is 0.610. The molecule has 3 N–H and O–H groups in total. The Bertz CT molecular complexity index is 429. The lowest BCUT2D eigenvalue weighted by Crippen LogP contribution is -2.40. The van der Waals surface area contributed by atoms with Gasteiger partial charge in [-0.05, 0) is 31.5 Å². The Morgan fingerprint density at radius 3 is 2.53 bits per heavy atom. The number of nitrogens with two attached hydrogens (primary N) is 1. The van der Waals surface area contributed by atoms with Gasteiger partial charge in [0, 0.05) is 12.2 Å². The molecule has 1 amide bonds. The van der Waals surface area contributed by atoms with Crippen molar-refractivity contribution in [2.24, 2.45) is 0 Å². The van der Waals surface area contributed by atoms with Gasteiger partial charge in [0.15, 0.2) is 0 Å². The number of carbonyl (C=O) groups is 1. The van der Waals surface area contributed by atoms with Crippen LogP contribution in [0.5, 0.6) is 0 Å². The van der Waals surface area contributed by atoms with Crippen molar-refractivity contribution in [3.05, 3.63) is 29.8 Å². The predicted octanol–water partition coefficient (Wildman–Crippen LogP) is 1.58. The number of nitriles is 1. The largest absolute Gasteiger partial charge is 0.399 e. The minimum atomic E-state index is -0.622. The number of nitrogens with one attached hydrogen (secondary N) is 1. The summed E-state index contributed by atoms with van der Waals surface area (Å²) in [6, 6.07) is 9.24. The normalized spacial score (nSPS) is 10.6. The van der Waals surface area contributed by atoms with E-state index in [1.165, 1.54) is 0 Å². The van der Waals surface area contributed by atoms with Crippen LogP contribution in [0.4, 0.5) is 5.69 Å². The van der Waals surface area contributed by atoms with Gasteiger partial charge in [0.05, 0.1) is 17.9 Å². The lowest BCUT2D eigenvalue weighted by Gasteiger charge is -2.24. The van der Waals surface area contributed by atoms with E-state index in [2.05, 4.69) is 5.32 Å². The number of nitrogen functional groups attached to an aromatic ring is 1. The van der Waals surface area contributed by atoms with Crippen LogP contribution in [-0.2, 0) is 10.2 Å². The number of benzene rings is 1. The molecule has 1 aromatic rings. The second kappa shape index (κ2) is 5.35. The molecule has 4 nitrogen and oxygen atoms in total. The van der Waals surface area contributed by atoms with Crippen LogP contribution in [0.1, 0.15) is 25.8 Å². The van der Waals surface area contributed by atoms with Gasteiger partial charge in [0.2, 0.25) is 5.91 Å². The SMILES string of the molecule is CC(C)(C(=O)NCCC#N)c1ccc(N)cc1. The van der Waals surface area contributed by atoms with Crippen LogP contribution in [0, 0.1) is 11.3 Å². The van der Waals surface area contributed by atoms with E-state index in [1.807, 2.05) is 32.0 Å². The standard InChI is InChI=1S/C13H17N3O/c1-13(2,12(17)16-9-3-8-14)10-4-6-11(15)7-5-10/h4-7H,3,9,15H2,1-2H3,(H,16,17). The molecule has 0 aliphatic carbocycles. The maximum absolute atomic E-state index is 12.0. The molecule has 0 saturated heterocycles. The second-order valence-corrected chi connectivity index (χ2v) is 4.41. The molecular formula is C13H17N3O. The summed E-state index contributed by atoms with van der Waals surface area (Å²) in [5, 5.41) is 11.2. The molecule has 17 heavy (non-hydrogen) atoms. The van der Waals surface area contributed by atoms with Gasteiger partial charge in [0.1, 0.15) is 0 Å². The van der Waals surface area contributed by atoms with Crippen LogP contribution in [0.3, 0.4) is 0 Å². The molecule has 0 heterocycles. The molecule has 0 saturated carbocycles. The molecule has 0 fully saturated rings. The Balaban J connectivity index is 2.76. The highest BCUT2D eigenvalue weighted by molar-refractivity contribution is 5.87. The molecule has 0 aromatic heterocycles. The van der Waals surface area contributed by atoms with Crippen molar-refractivity contribution < 1.29 is 4.79 Å². The summed E-state index contributed by atoms with van der Waals surface area (Å²) in [5.74, 6) is -0.0856. The number of hydrogen-bond donors (Lipinski definition) is 2. The van der Waals surface area contributed by atoms with Gasteiger partial charge in [0.25, 0.3) is 0 Å². The van der Waals surface area contributed by atoms with Gasteiger partial charge >= 0.3 is 0 Å². The summed E-state index contributed by atoms with van der Waals surface area (Å²) in [4.78, 5) is 12.0. The van der Waals surface area contributed by atoms with Gasteiger partial charge < -0.3 is 11.1 Å². The van der Waals surface area contributed by atoms with Crippen LogP contribution in [0.15, 0.2) is 24.3 Å². The summed E-state index contributed by atoms with van der Waals surface area (Å²) < 4.78 is 0. The summed E-state index contributed by atoms with van der Waals surface area (Å²) in [5.41, 5.74) is 6.57. The molecule has 0 aliphatic heterocycles. The maximum Gasteiger partial charge on any atom is 0.230 e. The van der Waals surface area contributed by atoms with E-state index in [9.17, 15) is 4.79 Å². The summed E-state index contributed by atoms with van der Waals surface area (Å²) in [6.07, 6.45) is 0.323. The fourth-order valence-electron chi connectivity index (χ4n) is 1.48. The zero-order chi connectivity index (χ0) is 12.9. The van der Waals surface area contributed by atoms with E-state index < -0.39 is 5.41 Å². The smallest absolute Gasteiger partial charge is 0.230 e. The van der Waals surface area contributed by atoms with Gasteiger partial charge in [-0.15, -0.1) is 0 Å². The van der Waals surface area contributed by atoms with Gasteiger partial charge in [-0.1, -0.05) is 12.1 Å². The Morgan fingerprint density at radius 2 is 2.00 bits per heavy atom. The first-order chi connectivity index (χ1) is 7.98. The van der Waals surface area contributed by atoms with Crippen LogP contribution in [0.2, 0.25) is 0 Å². The maximum atomic E-state index is 12.0. The molecule has 0 atom stereocenters. The lowest BCUT2D eigenvalue weighted by atomic mass is 9.83. The van der Waals surface area contributed by atoms with Gasteiger partial charge in [-0.3, -0.25) is 4.79 Å². The number of nitrogens with zero attached hydrogens (tertiary/aromatic N) is 1. The highest BCUT2D eigenvalue weighted by Crippen LogP contribution is 2.24. The Hall–Kier alpha value is -2.02. The summed E-state index contributed by atoms with van der Waals surface area (Å²) >= 11 is 0. The lowest BCUT2D eigenvalue weighted by molar-refractivity contribution is -0.125. The summed E-state index contributed by atoms with van der Waals surface area (Å²) in [6.45, 7) is 4.08. The van der Waals surface area contributed by atoms with E-state index in [0.29, 0.717) is 18.7 Å². The predicted molar refractivity (Wildman–Crippen MR) is 67.1 cm³/mol. The molecule has 90 valence electrons. The Kier molecular flexibility index (Phi) is 4.11. The first kappa shape index (κ1) is 13.0. The minimum Gasteiger partial charge on any atom is -0.399 e. The fourth-order valence-corrected chi connectivity index (χ4v) is 1.48. The molecule has 4 heteroatoms. The van der Waals surface area contributed by atoms with Crippen LogP contribution in [0.25, 0.3) is 0 Å². The molecule has 0 spiro atoms. The second-order valence-electron chi connectivity index (χ2n) is 4.41. The first-order valence-electron chi connectivity index (χ1n) is 5.49. The van der Waals surface area contributed by atoms with E-state index in [0.717, 1.165) is 5.56 Å². The average Bonchev–Trinajstić information content (AvgIpc) is 2.29. The highest BCUT2D eigenvalue weighted by atomic mass is 16.2. The van der Waals surface area contributed by atoms with E-state index in [1.54, 1.807) is 12.1 Å². The zero-order valence-corrected chi connectivity index (χ0v) is 10.2. The van der Waals surface area contributed by atoms with Crippen molar-refractivity contribution in [2.75, 3.05) is 12.3 Å². The average molecular weight is 231 g/mol.